The van der Waals surface area contributed by atoms with Gasteiger partial charge in [-0.15, -0.1) is 0 Å². The molecule has 0 bridgehead atoms. The molecule has 2 aliphatic rings. The van der Waals surface area contributed by atoms with E-state index in [4.69, 9.17) is 5.73 Å². The highest BCUT2D eigenvalue weighted by atomic mass is 14.8. The minimum absolute atomic E-state index is 0.546. The van der Waals surface area contributed by atoms with Crippen LogP contribution in [0.3, 0.4) is 0 Å². The Labute approximate surface area is 63.0 Å². The summed E-state index contributed by atoms with van der Waals surface area (Å²) in [5.41, 5.74) is 6.62. The van der Waals surface area contributed by atoms with Crippen molar-refractivity contribution in [3.05, 3.63) is 0 Å². The summed E-state index contributed by atoms with van der Waals surface area (Å²) in [7, 11) is 0. The minimum Gasteiger partial charge on any atom is -0.327 e. The van der Waals surface area contributed by atoms with E-state index >= 15 is 0 Å². The van der Waals surface area contributed by atoms with E-state index in [1.54, 1.807) is 0 Å². The summed E-state index contributed by atoms with van der Waals surface area (Å²) in [6, 6.07) is 0.546. The van der Waals surface area contributed by atoms with Crippen molar-refractivity contribution in [3.63, 3.8) is 0 Å². The Hall–Kier alpha value is -0.0400. The molecule has 2 N–H and O–H groups in total. The zero-order valence-electron chi connectivity index (χ0n) is 6.77. The lowest BCUT2D eigenvalue weighted by molar-refractivity contribution is 0.0190. The summed E-state index contributed by atoms with van der Waals surface area (Å²) in [4.78, 5) is 0. The molecular weight excluding hydrogens is 122 g/mol. The third-order valence-electron chi connectivity index (χ3n) is 3.86. The SMILES string of the molecule is CC1CC(N)C12CCCC2. The fourth-order valence-corrected chi connectivity index (χ4v) is 2.95. The van der Waals surface area contributed by atoms with Crippen LogP contribution in [-0.4, -0.2) is 6.04 Å². The third-order valence-corrected chi connectivity index (χ3v) is 3.86. The molecule has 2 aliphatic carbocycles. The van der Waals surface area contributed by atoms with Gasteiger partial charge in [-0.3, -0.25) is 0 Å². The summed E-state index contributed by atoms with van der Waals surface area (Å²) < 4.78 is 0. The zero-order valence-corrected chi connectivity index (χ0v) is 6.77. The molecule has 1 nitrogen and oxygen atoms in total. The molecule has 0 aliphatic heterocycles. The van der Waals surface area contributed by atoms with Crippen LogP contribution in [-0.2, 0) is 0 Å². The Morgan fingerprint density at radius 2 is 1.90 bits per heavy atom. The minimum atomic E-state index is 0.546. The van der Waals surface area contributed by atoms with Gasteiger partial charge in [0.05, 0.1) is 0 Å². The van der Waals surface area contributed by atoms with Crippen molar-refractivity contribution in [3.8, 4) is 0 Å². The average Bonchev–Trinajstić information content (AvgIpc) is 2.37. The Morgan fingerprint density at radius 3 is 2.20 bits per heavy atom. The second-order valence-electron chi connectivity index (χ2n) is 4.18. The van der Waals surface area contributed by atoms with E-state index in [-0.39, 0.29) is 0 Å². The van der Waals surface area contributed by atoms with Crippen LogP contribution in [0.4, 0.5) is 0 Å². The number of hydrogen-bond acceptors (Lipinski definition) is 1. The molecule has 0 saturated heterocycles. The molecule has 2 atom stereocenters. The van der Waals surface area contributed by atoms with Crippen molar-refractivity contribution < 1.29 is 0 Å². The quantitative estimate of drug-likeness (QED) is 0.545. The van der Waals surface area contributed by atoms with Crippen molar-refractivity contribution >= 4 is 0 Å². The maximum absolute atomic E-state index is 6.01. The topological polar surface area (TPSA) is 26.0 Å². The molecule has 2 saturated carbocycles. The molecule has 1 spiro atoms. The Kier molecular flexibility index (Phi) is 1.31. The highest BCUT2D eigenvalue weighted by Crippen LogP contribution is 2.55. The molecule has 58 valence electrons. The van der Waals surface area contributed by atoms with Crippen LogP contribution in [0, 0.1) is 11.3 Å². The van der Waals surface area contributed by atoms with E-state index in [1.165, 1.54) is 32.1 Å². The maximum atomic E-state index is 6.01. The van der Waals surface area contributed by atoms with Gasteiger partial charge in [-0.1, -0.05) is 19.8 Å². The van der Waals surface area contributed by atoms with Gasteiger partial charge in [-0.05, 0) is 30.6 Å². The first-order valence-electron chi connectivity index (χ1n) is 4.51. The zero-order chi connectivity index (χ0) is 7.19. The molecular formula is C9H17N. The van der Waals surface area contributed by atoms with Gasteiger partial charge < -0.3 is 5.73 Å². The van der Waals surface area contributed by atoms with Gasteiger partial charge in [0, 0.05) is 6.04 Å². The molecule has 0 aromatic rings. The number of hydrogen-bond donors (Lipinski definition) is 1. The Bertz CT molecular complexity index is 126. The smallest absolute Gasteiger partial charge is 0.0101 e. The van der Waals surface area contributed by atoms with Gasteiger partial charge >= 0.3 is 0 Å². The molecule has 0 heterocycles. The van der Waals surface area contributed by atoms with Crippen LogP contribution >= 0.6 is 0 Å². The van der Waals surface area contributed by atoms with Crippen molar-refractivity contribution in [1.82, 2.24) is 0 Å². The predicted molar refractivity (Wildman–Crippen MR) is 42.7 cm³/mol. The fourth-order valence-electron chi connectivity index (χ4n) is 2.95. The molecule has 0 aromatic heterocycles. The molecule has 0 radical (unpaired) electrons. The molecule has 0 amide bonds. The third kappa shape index (κ3) is 0.619. The van der Waals surface area contributed by atoms with E-state index in [9.17, 15) is 0 Å². The first-order chi connectivity index (χ1) is 4.76. The summed E-state index contributed by atoms with van der Waals surface area (Å²) in [5.74, 6) is 0.921. The van der Waals surface area contributed by atoms with Crippen LogP contribution < -0.4 is 5.73 Å². The van der Waals surface area contributed by atoms with Crippen molar-refractivity contribution in [2.75, 3.05) is 0 Å². The average molecular weight is 139 g/mol. The van der Waals surface area contributed by atoms with Crippen LogP contribution in [0.5, 0.6) is 0 Å². The van der Waals surface area contributed by atoms with Crippen LogP contribution in [0.25, 0.3) is 0 Å². The number of rotatable bonds is 0. The van der Waals surface area contributed by atoms with E-state index in [0.717, 1.165) is 5.92 Å². The van der Waals surface area contributed by atoms with Crippen molar-refractivity contribution in [2.24, 2.45) is 17.1 Å². The highest BCUT2D eigenvalue weighted by Gasteiger charge is 2.51. The second kappa shape index (κ2) is 1.97. The lowest BCUT2D eigenvalue weighted by Crippen LogP contribution is -2.55. The molecule has 2 fully saturated rings. The van der Waals surface area contributed by atoms with Gasteiger partial charge in [0.1, 0.15) is 0 Å². The fraction of sp³-hybridized carbons (Fsp3) is 1.00. The molecule has 1 heteroatoms. The van der Waals surface area contributed by atoms with Gasteiger partial charge in [-0.25, -0.2) is 0 Å². The highest BCUT2D eigenvalue weighted by molar-refractivity contribution is 5.05. The monoisotopic (exact) mass is 139 g/mol. The largest absolute Gasteiger partial charge is 0.327 e. The van der Waals surface area contributed by atoms with Gasteiger partial charge in [0.25, 0.3) is 0 Å². The van der Waals surface area contributed by atoms with E-state index in [0.29, 0.717) is 11.5 Å². The van der Waals surface area contributed by atoms with Crippen molar-refractivity contribution in [1.29, 1.82) is 0 Å². The number of nitrogens with two attached hydrogens (primary N) is 1. The Balaban J connectivity index is 2.12. The van der Waals surface area contributed by atoms with E-state index in [2.05, 4.69) is 6.92 Å². The second-order valence-corrected chi connectivity index (χ2v) is 4.18. The van der Waals surface area contributed by atoms with E-state index < -0.39 is 0 Å². The first kappa shape index (κ1) is 6.66. The molecule has 2 unspecified atom stereocenters. The molecule has 0 aromatic carbocycles. The molecule has 2 rings (SSSR count). The van der Waals surface area contributed by atoms with Crippen LogP contribution in [0.1, 0.15) is 39.0 Å². The van der Waals surface area contributed by atoms with Gasteiger partial charge in [0.15, 0.2) is 0 Å². The first-order valence-corrected chi connectivity index (χ1v) is 4.51. The summed E-state index contributed by atoms with van der Waals surface area (Å²) >= 11 is 0. The molecule has 10 heavy (non-hydrogen) atoms. The van der Waals surface area contributed by atoms with Gasteiger partial charge in [0.2, 0.25) is 0 Å². The summed E-state index contributed by atoms with van der Waals surface area (Å²) in [5, 5.41) is 0. The lowest BCUT2D eigenvalue weighted by Gasteiger charge is -2.51. The standard InChI is InChI=1S/C9H17N/c1-7-6-8(10)9(7)4-2-3-5-9/h7-8H,2-6,10H2,1H3. The van der Waals surface area contributed by atoms with E-state index in [1.807, 2.05) is 0 Å². The van der Waals surface area contributed by atoms with Crippen LogP contribution in [0.15, 0.2) is 0 Å². The van der Waals surface area contributed by atoms with Gasteiger partial charge in [-0.2, -0.15) is 0 Å². The lowest BCUT2D eigenvalue weighted by atomic mass is 9.56. The predicted octanol–water partition coefficient (Wildman–Crippen LogP) is 1.91. The maximum Gasteiger partial charge on any atom is 0.0101 e. The summed E-state index contributed by atoms with van der Waals surface area (Å²) in [6.45, 7) is 2.37. The Morgan fingerprint density at radius 1 is 1.30 bits per heavy atom. The van der Waals surface area contributed by atoms with Crippen molar-refractivity contribution in [2.45, 2.75) is 45.1 Å². The summed E-state index contributed by atoms with van der Waals surface area (Å²) in [6.07, 6.45) is 6.96. The van der Waals surface area contributed by atoms with Crippen LogP contribution in [0.2, 0.25) is 0 Å². The normalized spacial score (nSPS) is 43.8.